The van der Waals surface area contributed by atoms with Gasteiger partial charge < -0.3 is 4.74 Å². The number of halogens is 3. The van der Waals surface area contributed by atoms with E-state index in [0.717, 1.165) is 35.8 Å². The first-order valence-corrected chi connectivity index (χ1v) is 9.05. The molecule has 140 valence electrons. The number of hydrogen-bond acceptors (Lipinski definition) is 9. The largest absolute Gasteiger partial charge is 0.573 e. The highest BCUT2D eigenvalue weighted by Crippen LogP contribution is 2.25. The minimum absolute atomic E-state index is 0.0995. The van der Waals surface area contributed by atoms with Crippen molar-refractivity contribution in [2.24, 2.45) is 5.10 Å². The number of nitrogens with zero attached hydrogens (tertiary/aromatic N) is 4. The number of aryl methyl sites for hydroxylation is 1. The summed E-state index contributed by atoms with van der Waals surface area (Å²) < 4.78 is 68.6. The zero-order valence-corrected chi connectivity index (χ0v) is 14.9. The number of rotatable bonds is 4. The molecule has 0 unspecified atom stereocenters. The van der Waals surface area contributed by atoms with E-state index in [2.05, 4.69) is 19.6 Å². The lowest BCUT2D eigenvalue weighted by Crippen LogP contribution is -2.17. The van der Waals surface area contributed by atoms with Crippen LogP contribution in [0.4, 0.5) is 18.9 Å². The van der Waals surface area contributed by atoms with Crippen molar-refractivity contribution < 1.29 is 26.3 Å². The number of benzene rings is 1. The summed E-state index contributed by atoms with van der Waals surface area (Å²) in [5.74, 6) is -0.484. The Balaban J connectivity index is 2.26. The number of alkyl halides is 3. The Labute approximate surface area is 155 Å². The molecule has 0 atom stereocenters. The van der Waals surface area contributed by atoms with Crippen LogP contribution >= 0.6 is 11.5 Å². The smallest absolute Gasteiger partial charge is 0.406 e. The van der Waals surface area contributed by atoms with Crippen molar-refractivity contribution in [3.8, 4) is 17.9 Å². The van der Waals surface area contributed by atoms with Crippen molar-refractivity contribution in [2.45, 2.75) is 18.3 Å². The van der Waals surface area contributed by atoms with E-state index in [1.54, 1.807) is 6.07 Å². The van der Waals surface area contributed by atoms with E-state index in [-0.39, 0.29) is 11.3 Å². The van der Waals surface area contributed by atoms with E-state index in [1.165, 1.54) is 13.0 Å². The summed E-state index contributed by atoms with van der Waals surface area (Å²) in [6.45, 7) is 1.50. The van der Waals surface area contributed by atoms with Crippen LogP contribution < -0.4 is 10.2 Å². The van der Waals surface area contributed by atoms with Gasteiger partial charge in [0.2, 0.25) is 0 Å². The van der Waals surface area contributed by atoms with Crippen LogP contribution in [0, 0.1) is 29.6 Å². The molecule has 0 bridgehead atoms. The molecule has 1 aromatic heterocycles. The molecule has 2 aromatic rings. The third kappa shape index (κ3) is 4.72. The first kappa shape index (κ1) is 20.2. The summed E-state index contributed by atoms with van der Waals surface area (Å²) in [6, 6.07) is 7.33. The highest BCUT2D eigenvalue weighted by atomic mass is 32.2. The molecule has 8 nitrogen and oxygen atoms in total. The van der Waals surface area contributed by atoms with Crippen LogP contribution in [0.1, 0.15) is 10.4 Å². The maximum Gasteiger partial charge on any atom is 0.573 e. The Morgan fingerprint density at radius 1 is 1.30 bits per heavy atom. The molecule has 0 fully saturated rings. The molecular weight excluding hydrogens is 407 g/mol. The van der Waals surface area contributed by atoms with Gasteiger partial charge in [0.1, 0.15) is 23.5 Å². The fourth-order valence-electron chi connectivity index (χ4n) is 1.74. The quantitative estimate of drug-likeness (QED) is 0.462. The standard InChI is InChI=1S/C14H8F3N5O3S2/c1-8-11(6-18)13(22-26-8)27(23,24)12(7-19)21-20-9-2-4-10(5-3-9)25-14(15,16)17/h2-5,20H,1H3. The second-order valence-electron chi connectivity index (χ2n) is 4.75. The number of ether oxygens (including phenoxy) is 1. The van der Waals surface area contributed by atoms with Crippen LogP contribution in [0.5, 0.6) is 5.75 Å². The topological polar surface area (TPSA) is 128 Å². The lowest BCUT2D eigenvalue weighted by atomic mass is 10.3. The zero-order chi connectivity index (χ0) is 20.2. The predicted molar refractivity (Wildman–Crippen MR) is 88.5 cm³/mol. The summed E-state index contributed by atoms with van der Waals surface area (Å²) in [5.41, 5.74) is 2.16. The lowest BCUT2D eigenvalue weighted by molar-refractivity contribution is -0.274. The minimum atomic E-state index is -4.85. The molecule has 0 saturated heterocycles. The van der Waals surface area contributed by atoms with Crippen molar-refractivity contribution in [2.75, 3.05) is 5.43 Å². The van der Waals surface area contributed by atoms with E-state index >= 15 is 0 Å². The number of nitrogens with one attached hydrogen (secondary N) is 1. The molecule has 13 heteroatoms. The van der Waals surface area contributed by atoms with Crippen molar-refractivity contribution in [3.63, 3.8) is 0 Å². The van der Waals surface area contributed by atoms with Crippen LogP contribution in [0.15, 0.2) is 34.4 Å². The number of hydrazone groups is 1. The van der Waals surface area contributed by atoms with Crippen LogP contribution in [0.2, 0.25) is 0 Å². The SMILES string of the molecule is Cc1snc(S(=O)(=O)C(C#N)=NNc2ccc(OC(F)(F)F)cc2)c1C#N. The van der Waals surface area contributed by atoms with Gasteiger partial charge in [-0.3, -0.25) is 5.43 Å². The fraction of sp³-hybridized carbons (Fsp3) is 0.143. The van der Waals surface area contributed by atoms with Gasteiger partial charge in [0.05, 0.1) is 5.69 Å². The number of hydrogen-bond donors (Lipinski definition) is 1. The molecule has 0 spiro atoms. The average Bonchev–Trinajstić information content (AvgIpc) is 2.96. The number of anilines is 1. The Hall–Kier alpha value is -3.16. The highest BCUT2D eigenvalue weighted by Gasteiger charge is 2.31. The molecule has 0 aliphatic heterocycles. The molecule has 2 rings (SSSR count). The van der Waals surface area contributed by atoms with Crippen molar-refractivity contribution in [3.05, 3.63) is 34.7 Å². The van der Waals surface area contributed by atoms with Gasteiger partial charge in [-0.15, -0.1) is 13.2 Å². The maximum atomic E-state index is 12.4. The van der Waals surface area contributed by atoms with Crippen LogP contribution in [0.25, 0.3) is 0 Å². The average molecular weight is 415 g/mol. The lowest BCUT2D eigenvalue weighted by Gasteiger charge is -2.09. The Kier molecular flexibility index (Phi) is 5.68. The van der Waals surface area contributed by atoms with Gasteiger partial charge >= 0.3 is 6.36 Å². The third-order valence-electron chi connectivity index (χ3n) is 2.92. The van der Waals surface area contributed by atoms with Gasteiger partial charge in [0.15, 0.2) is 5.03 Å². The molecule has 1 aromatic carbocycles. The second kappa shape index (κ2) is 7.61. The zero-order valence-electron chi connectivity index (χ0n) is 13.3. The Morgan fingerprint density at radius 2 is 1.93 bits per heavy atom. The molecule has 27 heavy (non-hydrogen) atoms. The molecule has 1 heterocycles. The van der Waals surface area contributed by atoms with E-state index in [4.69, 9.17) is 10.5 Å². The predicted octanol–water partition coefficient (Wildman–Crippen LogP) is 2.94. The maximum absolute atomic E-state index is 12.4. The van der Waals surface area contributed by atoms with Crippen molar-refractivity contribution in [1.29, 1.82) is 10.5 Å². The molecule has 0 saturated carbocycles. The first-order valence-electron chi connectivity index (χ1n) is 6.79. The summed E-state index contributed by atoms with van der Waals surface area (Å²) in [5, 5.41) is 20.1. The van der Waals surface area contributed by atoms with Crippen LogP contribution in [-0.4, -0.2) is 24.2 Å². The summed E-state index contributed by atoms with van der Waals surface area (Å²) >= 11 is 0.789. The van der Waals surface area contributed by atoms with Gasteiger partial charge in [-0.25, -0.2) is 8.42 Å². The first-order chi connectivity index (χ1) is 12.6. The Morgan fingerprint density at radius 3 is 2.44 bits per heavy atom. The highest BCUT2D eigenvalue weighted by molar-refractivity contribution is 8.07. The van der Waals surface area contributed by atoms with Gasteiger partial charge in [-0.2, -0.15) is 20.0 Å². The summed E-state index contributed by atoms with van der Waals surface area (Å²) in [7, 11) is -4.45. The van der Waals surface area contributed by atoms with Crippen LogP contribution in [-0.2, 0) is 9.84 Å². The second-order valence-corrected chi connectivity index (χ2v) is 7.50. The Bertz CT molecular complexity index is 1060. The third-order valence-corrected chi connectivity index (χ3v) is 5.29. The van der Waals surface area contributed by atoms with E-state index in [9.17, 15) is 21.6 Å². The van der Waals surface area contributed by atoms with Gasteiger partial charge in [-0.1, -0.05) is 0 Å². The van der Waals surface area contributed by atoms with Crippen LogP contribution in [0.3, 0.4) is 0 Å². The molecule has 0 amide bonds. The molecule has 0 radical (unpaired) electrons. The molecular formula is C14H8F3N5O3S2. The number of aromatic nitrogens is 1. The van der Waals surface area contributed by atoms with E-state index in [1.807, 2.05) is 0 Å². The number of nitriles is 2. The van der Waals surface area contributed by atoms with E-state index < -0.39 is 32.0 Å². The number of sulfone groups is 1. The van der Waals surface area contributed by atoms with Gasteiger partial charge in [-0.05, 0) is 42.7 Å². The normalized spacial score (nSPS) is 12.1. The summed E-state index contributed by atoms with van der Waals surface area (Å²) in [6.07, 6.45) is -4.85. The van der Waals surface area contributed by atoms with E-state index in [0.29, 0.717) is 4.88 Å². The minimum Gasteiger partial charge on any atom is -0.406 e. The van der Waals surface area contributed by atoms with Gasteiger partial charge in [0, 0.05) is 4.88 Å². The van der Waals surface area contributed by atoms with Crippen molar-refractivity contribution >= 4 is 32.1 Å². The monoisotopic (exact) mass is 415 g/mol. The van der Waals surface area contributed by atoms with Gasteiger partial charge in [0.25, 0.3) is 14.9 Å². The van der Waals surface area contributed by atoms with Crippen molar-refractivity contribution in [1.82, 2.24) is 4.37 Å². The molecule has 0 aliphatic rings. The molecule has 1 N–H and O–H groups in total. The summed E-state index contributed by atoms with van der Waals surface area (Å²) in [4.78, 5) is 0.363. The fourth-order valence-corrected chi connectivity index (χ4v) is 3.80. The molecule has 0 aliphatic carbocycles.